The van der Waals surface area contributed by atoms with Gasteiger partial charge in [0.15, 0.2) is 0 Å². The number of carbonyl (C=O) groups is 2. The number of anilines is 1. The van der Waals surface area contributed by atoms with Gasteiger partial charge in [-0.05, 0) is 49.2 Å². The fraction of sp³-hybridized carbons (Fsp3) is 0.250. The molecule has 184 valence electrons. The Morgan fingerprint density at radius 3 is 2.69 bits per heavy atom. The van der Waals surface area contributed by atoms with E-state index in [9.17, 15) is 9.59 Å². The van der Waals surface area contributed by atoms with Gasteiger partial charge < -0.3 is 24.1 Å². The third-order valence-electron chi connectivity index (χ3n) is 6.57. The maximum absolute atomic E-state index is 13.2. The van der Waals surface area contributed by atoms with Crippen molar-refractivity contribution < 1.29 is 19.1 Å². The van der Waals surface area contributed by atoms with Crippen molar-refractivity contribution in [2.45, 2.75) is 18.8 Å². The smallest absolute Gasteiger partial charge is 0.339 e. The summed E-state index contributed by atoms with van der Waals surface area (Å²) in [6, 6.07) is 20.5. The van der Waals surface area contributed by atoms with E-state index in [0.29, 0.717) is 24.3 Å². The summed E-state index contributed by atoms with van der Waals surface area (Å²) in [6.07, 6.45) is 3.80. The number of rotatable bonds is 5. The second kappa shape index (κ2) is 10.1. The highest BCUT2D eigenvalue weighted by Crippen LogP contribution is 2.33. The first-order valence-corrected chi connectivity index (χ1v) is 11.9. The summed E-state index contributed by atoms with van der Waals surface area (Å²) < 4.78 is 12.4. The Hall–Kier alpha value is -4.33. The number of likely N-dealkylation sites (tertiary alicyclic amines) is 1. The van der Waals surface area contributed by atoms with Crippen LogP contribution in [-0.4, -0.2) is 53.6 Å². The number of fused-ring (bicyclic) bond motifs is 1. The van der Waals surface area contributed by atoms with Gasteiger partial charge in [0, 0.05) is 30.8 Å². The summed E-state index contributed by atoms with van der Waals surface area (Å²) in [6.45, 7) is 1.16. The Labute approximate surface area is 209 Å². The van der Waals surface area contributed by atoms with Gasteiger partial charge >= 0.3 is 12.0 Å². The zero-order valence-corrected chi connectivity index (χ0v) is 20.3. The standard InChI is InChI=1S/C28H28N4O4/c1-35-21-11-7-9-19(17-21)25-24-14-5-6-16-32(24)26(30-25)20-10-8-15-31(18-20)28(34)29-23-13-4-3-12-22(23)27(33)36-2/h3-7,9,11-14,16-17,20H,8,10,15,18H2,1-2H3,(H,29,34). The summed E-state index contributed by atoms with van der Waals surface area (Å²) >= 11 is 0. The number of carbonyl (C=O) groups excluding carboxylic acids is 2. The van der Waals surface area contributed by atoms with Crippen molar-refractivity contribution in [1.29, 1.82) is 0 Å². The molecule has 1 aliphatic heterocycles. The van der Waals surface area contributed by atoms with Crippen molar-refractivity contribution in [1.82, 2.24) is 14.3 Å². The maximum atomic E-state index is 13.2. The van der Waals surface area contributed by atoms with Crippen molar-refractivity contribution in [3.05, 3.63) is 84.3 Å². The van der Waals surface area contributed by atoms with Gasteiger partial charge in [-0.15, -0.1) is 0 Å². The van der Waals surface area contributed by atoms with Gasteiger partial charge in [0.1, 0.15) is 11.6 Å². The quantitative estimate of drug-likeness (QED) is 0.393. The normalized spacial score (nSPS) is 15.5. The number of urea groups is 1. The van der Waals surface area contributed by atoms with Crippen molar-refractivity contribution in [2.75, 3.05) is 32.6 Å². The number of hydrogen-bond donors (Lipinski definition) is 1. The van der Waals surface area contributed by atoms with Crippen LogP contribution in [-0.2, 0) is 4.74 Å². The number of esters is 1. The van der Waals surface area contributed by atoms with Crippen LogP contribution in [0.2, 0.25) is 0 Å². The number of aromatic nitrogens is 2. The molecule has 8 heteroatoms. The number of ether oxygens (including phenoxy) is 2. The average Bonchev–Trinajstić information content (AvgIpc) is 3.33. The Kier molecular flexibility index (Phi) is 6.58. The largest absolute Gasteiger partial charge is 0.497 e. The predicted molar refractivity (Wildman–Crippen MR) is 138 cm³/mol. The van der Waals surface area contributed by atoms with E-state index >= 15 is 0 Å². The van der Waals surface area contributed by atoms with Gasteiger partial charge in [-0.25, -0.2) is 14.6 Å². The number of pyridine rings is 1. The first-order chi connectivity index (χ1) is 17.6. The molecule has 1 fully saturated rings. The molecule has 1 N–H and O–H groups in total. The van der Waals surface area contributed by atoms with Gasteiger partial charge in [-0.1, -0.05) is 30.3 Å². The topological polar surface area (TPSA) is 85.2 Å². The number of benzene rings is 2. The van der Waals surface area contributed by atoms with Gasteiger partial charge in [0.25, 0.3) is 0 Å². The maximum Gasteiger partial charge on any atom is 0.339 e. The number of methoxy groups -OCH3 is 2. The van der Waals surface area contributed by atoms with Crippen LogP contribution < -0.4 is 10.1 Å². The highest BCUT2D eigenvalue weighted by atomic mass is 16.5. The van der Waals surface area contributed by atoms with Gasteiger partial charge in [0.05, 0.1) is 36.7 Å². The van der Waals surface area contributed by atoms with E-state index in [1.165, 1.54) is 7.11 Å². The summed E-state index contributed by atoms with van der Waals surface area (Å²) in [5.74, 6) is 1.28. The Bertz CT molecular complexity index is 1410. The van der Waals surface area contributed by atoms with Gasteiger partial charge in [0.2, 0.25) is 0 Å². The monoisotopic (exact) mass is 484 g/mol. The second-order valence-corrected chi connectivity index (χ2v) is 8.76. The highest BCUT2D eigenvalue weighted by molar-refractivity contribution is 6.00. The van der Waals surface area contributed by atoms with Crippen molar-refractivity contribution >= 4 is 23.2 Å². The fourth-order valence-corrected chi connectivity index (χ4v) is 4.78. The number of imidazole rings is 1. The van der Waals surface area contributed by atoms with E-state index in [1.54, 1.807) is 36.3 Å². The van der Waals surface area contributed by atoms with E-state index < -0.39 is 5.97 Å². The third-order valence-corrected chi connectivity index (χ3v) is 6.57. The molecule has 1 saturated heterocycles. The lowest BCUT2D eigenvalue weighted by Crippen LogP contribution is -2.42. The molecule has 2 aromatic heterocycles. The van der Waals surface area contributed by atoms with E-state index in [0.717, 1.165) is 41.2 Å². The summed E-state index contributed by atoms with van der Waals surface area (Å²) in [5.41, 5.74) is 3.63. The molecule has 0 radical (unpaired) electrons. The Morgan fingerprint density at radius 2 is 1.86 bits per heavy atom. The minimum absolute atomic E-state index is 0.0645. The van der Waals surface area contributed by atoms with E-state index in [1.807, 2.05) is 42.6 Å². The molecular formula is C28H28N4O4. The summed E-state index contributed by atoms with van der Waals surface area (Å²) in [7, 11) is 2.98. The summed E-state index contributed by atoms with van der Waals surface area (Å²) in [5, 5.41) is 2.89. The van der Waals surface area contributed by atoms with E-state index in [2.05, 4.69) is 15.8 Å². The molecule has 8 nitrogen and oxygen atoms in total. The lowest BCUT2D eigenvalue weighted by molar-refractivity contribution is 0.0602. The van der Waals surface area contributed by atoms with E-state index in [4.69, 9.17) is 14.5 Å². The zero-order valence-electron chi connectivity index (χ0n) is 20.3. The number of nitrogens with zero attached hydrogens (tertiary/aromatic N) is 3. The zero-order chi connectivity index (χ0) is 25.1. The van der Waals surface area contributed by atoms with Crippen LogP contribution in [0.1, 0.15) is 34.9 Å². The van der Waals surface area contributed by atoms with Crippen LogP contribution in [0, 0.1) is 0 Å². The molecule has 0 saturated carbocycles. The molecule has 4 aromatic rings. The fourth-order valence-electron chi connectivity index (χ4n) is 4.78. The molecule has 1 aliphatic rings. The molecule has 36 heavy (non-hydrogen) atoms. The van der Waals surface area contributed by atoms with Crippen LogP contribution in [0.5, 0.6) is 5.75 Å². The van der Waals surface area contributed by atoms with E-state index in [-0.39, 0.29) is 11.9 Å². The SMILES string of the molecule is COC(=O)c1ccccc1NC(=O)N1CCCC(c2nc(-c3cccc(OC)c3)c3ccccn23)C1. The molecule has 1 unspecified atom stereocenters. The molecule has 2 aromatic carbocycles. The molecule has 5 rings (SSSR count). The summed E-state index contributed by atoms with van der Waals surface area (Å²) in [4.78, 5) is 32.2. The van der Waals surface area contributed by atoms with Crippen LogP contribution in [0.4, 0.5) is 10.5 Å². The van der Waals surface area contributed by atoms with Crippen molar-refractivity contribution in [3.8, 4) is 17.0 Å². The number of hydrogen-bond acceptors (Lipinski definition) is 5. The number of para-hydroxylation sites is 1. The third kappa shape index (κ3) is 4.49. The number of nitrogens with one attached hydrogen (secondary N) is 1. The molecule has 3 heterocycles. The van der Waals surface area contributed by atoms with Crippen molar-refractivity contribution in [3.63, 3.8) is 0 Å². The average molecular weight is 485 g/mol. The minimum Gasteiger partial charge on any atom is -0.497 e. The molecule has 2 amide bonds. The minimum atomic E-state index is -0.489. The van der Waals surface area contributed by atoms with Crippen LogP contribution >= 0.6 is 0 Å². The van der Waals surface area contributed by atoms with Crippen molar-refractivity contribution in [2.24, 2.45) is 0 Å². The van der Waals surface area contributed by atoms with Gasteiger partial charge in [-0.2, -0.15) is 0 Å². The lowest BCUT2D eigenvalue weighted by Gasteiger charge is -2.32. The molecule has 0 bridgehead atoms. The first kappa shape index (κ1) is 23.4. The Morgan fingerprint density at radius 1 is 1.03 bits per heavy atom. The first-order valence-electron chi connectivity index (χ1n) is 11.9. The second-order valence-electron chi connectivity index (χ2n) is 8.76. The Balaban J connectivity index is 1.42. The molecule has 0 aliphatic carbocycles. The predicted octanol–water partition coefficient (Wildman–Crippen LogP) is 5.21. The number of amides is 2. The molecule has 0 spiro atoms. The van der Waals surface area contributed by atoms with Crippen LogP contribution in [0.3, 0.4) is 0 Å². The van der Waals surface area contributed by atoms with Crippen LogP contribution in [0.25, 0.3) is 16.8 Å². The number of piperidine rings is 1. The molecular weight excluding hydrogens is 456 g/mol. The van der Waals surface area contributed by atoms with Crippen LogP contribution in [0.15, 0.2) is 72.9 Å². The lowest BCUT2D eigenvalue weighted by atomic mass is 9.97. The van der Waals surface area contributed by atoms with Gasteiger partial charge in [-0.3, -0.25) is 0 Å². The highest BCUT2D eigenvalue weighted by Gasteiger charge is 2.29. The molecule has 1 atom stereocenters.